The summed E-state index contributed by atoms with van der Waals surface area (Å²) in [7, 11) is 0. The molecule has 102 valence electrons. The molecule has 4 nitrogen and oxygen atoms in total. The lowest BCUT2D eigenvalue weighted by molar-refractivity contribution is 0.101. The van der Waals surface area contributed by atoms with Crippen LogP contribution in [-0.4, -0.2) is 15.9 Å². The van der Waals surface area contributed by atoms with Gasteiger partial charge in [-0.05, 0) is 55.5 Å². The predicted molar refractivity (Wildman–Crippen MR) is 83.7 cm³/mol. The van der Waals surface area contributed by atoms with E-state index < -0.39 is 0 Å². The summed E-state index contributed by atoms with van der Waals surface area (Å²) in [6.07, 6.45) is 1.74. The molecule has 5 heteroatoms. The summed E-state index contributed by atoms with van der Waals surface area (Å²) in [5, 5.41) is 6.65. The topological polar surface area (TPSA) is 54.0 Å². The first-order chi connectivity index (χ1) is 9.65. The lowest BCUT2D eigenvalue weighted by Gasteiger charge is -2.10. The van der Waals surface area contributed by atoms with Crippen LogP contribution in [0.3, 0.4) is 0 Å². The number of carbonyl (C=O) groups is 1. The fourth-order valence-electron chi connectivity index (χ4n) is 1.64. The fraction of sp³-hybridized carbons (Fsp3) is 0.133. The summed E-state index contributed by atoms with van der Waals surface area (Å²) >= 11 is 5.20. The molecule has 1 aromatic heterocycles. The van der Waals surface area contributed by atoms with Gasteiger partial charge >= 0.3 is 0 Å². The maximum atomic E-state index is 11.2. The van der Waals surface area contributed by atoms with E-state index in [1.807, 2.05) is 30.3 Å². The second-order valence-corrected chi connectivity index (χ2v) is 4.67. The summed E-state index contributed by atoms with van der Waals surface area (Å²) in [5.74, 6) is 0.0485. The molecular weight excluding hydrogens is 270 g/mol. The van der Waals surface area contributed by atoms with Gasteiger partial charge in [-0.2, -0.15) is 0 Å². The van der Waals surface area contributed by atoms with Crippen molar-refractivity contribution in [1.29, 1.82) is 0 Å². The van der Waals surface area contributed by atoms with E-state index in [1.54, 1.807) is 25.3 Å². The average Bonchev–Trinajstić information content (AvgIpc) is 2.47. The van der Waals surface area contributed by atoms with Gasteiger partial charge in [0, 0.05) is 17.4 Å². The van der Waals surface area contributed by atoms with Crippen LogP contribution in [-0.2, 0) is 6.54 Å². The smallest absolute Gasteiger partial charge is 0.171 e. The highest BCUT2D eigenvalue weighted by Crippen LogP contribution is 2.09. The number of nitrogens with zero attached hydrogens (tertiary/aromatic N) is 1. The standard InChI is InChI=1S/C15H15N3OS/c1-11(19)12-5-7-13(8-6-12)18-15(20)17-10-14-4-2-3-9-16-14/h2-9H,10H2,1H3,(H2,17,18,20). The Morgan fingerprint density at radius 1 is 1.20 bits per heavy atom. The summed E-state index contributed by atoms with van der Waals surface area (Å²) in [5.41, 5.74) is 2.44. The van der Waals surface area contributed by atoms with Gasteiger partial charge in [0.1, 0.15) is 0 Å². The number of anilines is 1. The van der Waals surface area contributed by atoms with Gasteiger partial charge in [-0.25, -0.2) is 0 Å². The van der Waals surface area contributed by atoms with E-state index in [0.29, 0.717) is 17.2 Å². The average molecular weight is 285 g/mol. The van der Waals surface area contributed by atoms with Gasteiger partial charge in [-0.3, -0.25) is 9.78 Å². The second kappa shape index (κ2) is 6.77. The van der Waals surface area contributed by atoms with Crippen molar-refractivity contribution >= 4 is 28.8 Å². The number of thiocarbonyl (C=S) groups is 1. The van der Waals surface area contributed by atoms with Gasteiger partial charge < -0.3 is 10.6 Å². The van der Waals surface area contributed by atoms with E-state index in [0.717, 1.165) is 11.4 Å². The minimum absolute atomic E-state index is 0.0485. The van der Waals surface area contributed by atoms with Crippen molar-refractivity contribution in [2.75, 3.05) is 5.32 Å². The van der Waals surface area contributed by atoms with Crippen molar-refractivity contribution in [3.63, 3.8) is 0 Å². The summed E-state index contributed by atoms with van der Waals surface area (Å²) < 4.78 is 0. The van der Waals surface area contributed by atoms with Crippen molar-refractivity contribution in [3.8, 4) is 0 Å². The molecule has 0 unspecified atom stereocenters. The molecule has 1 heterocycles. The van der Waals surface area contributed by atoms with E-state index in [4.69, 9.17) is 12.2 Å². The van der Waals surface area contributed by atoms with Crippen LogP contribution in [0.5, 0.6) is 0 Å². The number of nitrogens with one attached hydrogen (secondary N) is 2. The molecule has 0 saturated carbocycles. The van der Waals surface area contributed by atoms with Crippen molar-refractivity contribution in [3.05, 3.63) is 59.9 Å². The first kappa shape index (κ1) is 14.1. The summed E-state index contributed by atoms with van der Waals surface area (Å²) in [4.78, 5) is 15.4. The van der Waals surface area contributed by atoms with E-state index in [2.05, 4.69) is 15.6 Å². The van der Waals surface area contributed by atoms with Crippen molar-refractivity contribution in [2.45, 2.75) is 13.5 Å². The van der Waals surface area contributed by atoms with Crippen LogP contribution in [0.4, 0.5) is 5.69 Å². The largest absolute Gasteiger partial charge is 0.357 e. The second-order valence-electron chi connectivity index (χ2n) is 4.26. The molecule has 0 atom stereocenters. The minimum atomic E-state index is 0.0485. The summed E-state index contributed by atoms with van der Waals surface area (Å²) in [6, 6.07) is 12.9. The number of benzene rings is 1. The molecule has 0 amide bonds. The Hall–Kier alpha value is -2.27. The number of ketones is 1. The molecule has 0 aliphatic rings. The van der Waals surface area contributed by atoms with E-state index in [1.165, 1.54) is 0 Å². The Bertz CT molecular complexity index is 596. The molecule has 0 saturated heterocycles. The molecule has 1 aromatic carbocycles. The van der Waals surface area contributed by atoms with Gasteiger partial charge in [0.2, 0.25) is 0 Å². The van der Waals surface area contributed by atoms with Crippen LogP contribution in [0.2, 0.25) is 0 Å². The number of hydrogen-bond acceptors (Lipinski definition) is 3. The lowest BCUT2D eigenvalue weighted by Crippen LogP contribution is -2.28. The maximum absolute atomic E-state index is 11.2. The minimum Gasteiger partial charge on any atom is -0.357 e. The molecule has 2 rings (SSSR count). The Labute approximate surface area is 123 Å². The van der Waals surface area contributed by atoms with Crippen molar-refractivity contribution in [1.82, 2.24) is 10.3 Å². The predicted octanol–water partition coefficient (Wildman–Crippen LogP) is 2.77. The highest BCUT2D eigenvalue weighted by atomic mass is 32.1. The third-order valence-corrected chi connectivity index (χ3v) is 2.95. The first-order valence-electron chi connectivity index (χ1n) is 6.21. The highest BCUT2D eigenvalue weighted by molar-refractivity contribution is 7.80. The van der Waals surface area contributed by atoms with E-state index >= 15 is 0 Å². The molecule has 2 aromatic rings. The SMILES string of the molecule is CC(=O)c1ccc(NC(=S)NCc2ccccn2)cc1. The zero-order valence-electron chi connectivity index (χ0n) is 11.1. The number of aromatic nitrogens is 1. The van der Waals surface area contributed by atoms with Crippen LogP contribution in [0.15, 0.2) is 48.7 Å². The van der Waals surface area contributed by atoms with Gasteiger partial charge in [0.25, 0.3) is 0 Å². The van der Waals surface area contributed by atoms with Crippen LogP contribution in [0.1, 0.15) is 23.0 Å². The monoisotopic (exact) mass is 285 g/mol. The van der Waals surface area contributed by atoms with E-state index in [-0.39, 0.29) is 5.78 Å². The molecule has 2 N–H and O–H groups in total. The number of Topliss-reactive ketones (excluding diaryl/α,β-unsaturated/α-hetero) is 1. The Kier molecular flexibility index (Phi) is 4.79. The molecule has 0 fully saturated rings. The molecule has 0 bridgehead atoms. The first-order valence-corrected chi connectivity index (χ1v) is 6.62. The molecular formula is C15H15N3OS. The fourth-order valence-corrected chi connectivity index (χ4v) is 1.83. The normalized spacial score (nSPS) is 9.85. The van der Waals surface area contributed by atoms with Crippen LogP contribution in [0.25, 0.3) is 0 Å². The number of hydrogen-bond donors (Lipinski definition) is 2. The molecule has 20 heavy (non-hydrogen) atoms. The van der Waals surface area contributed by atoms with Crippen LogP contribution in [0, 0.1) is 0 Å². The molecule has 0 spiro atoms. The zero-order chi connectivity index (χ0) is 14.4. The summed E-state index contributed by atoms with van der Waals surface area (Å²) in [6.45, 7) is 2.11. The molecule has 0 aliphatic carbocycles. The van der Waals surface area contributed by atoms with Gasteiger partial charge in [-0.15, -0.1) is 0 Å². The van der Waals surface area contributed by atoms with Crippen LogP contribution < -0.4 is 10.6 Å². The lowest BCUT2D eigenvalue weighted by atomic mass is 10.1. The Morgan fingerprint density at radius 2 is 1.95 bits per heavy atom. The van der Waals surface area contributed by atoms with Gasteiger partial charge in [-0.1, -0.05) is 6.07 Å². The maximum Gasteiger partial charge on any atom is 0.171 e. The van der Waals surface area contributed by atoms with Gasteiger partial charge in [0.05, 0.1) is 12.2 Å². The van der Waals surface area contributed by atoms with Crippen LogP contribution >= 0.6 is 12.2 Å². The van der Waals surface area contributed by atoms with E-state index in [9.17, 15) is 4.79 Å². The Morgan fingerprint density at radius 3 is 2.55 bits per heavy atom. The van der Waals surface area contributed by atoms with Gasteiger partial charge in [0.15, 0.2) is 10.9 Å². The number of rotatable bonds is 4. The van der Waals surface area contributed by atoms with Crippen molar-refractivity contribution in [2.24, 2.45) is 0 Å². The third kappa shape index (κ3) is 4.13. The number of carbonyl (C=O) groups excluding carboxylic acids is 1. The highest BCUT2D eigenvalue weighted by Gasteiger charge is 2.01. The quantitative estimate of drug-likeness (QED) is 0.668. The number of pyridine rings is 1. The Balaban J connectivity index is 1.86. The molecule has 0 radical (unpaired) electrons. The third-order valence-electron chi connectivity index (χ3n) is 2.71. The molecule has 0 aliphatic heterocycles. The zero-order valence-corrected chi connectivity index (χ0v) is 11.9. The van der Waals surface area contributed by atoms with Crippen molar-refractivity contribution < 1.29 is 4.79 Å².